The Morgan fingerprint density at radius 1 is 1.47 bits per heavy atom. The van der Waals surface area contributed by atoms with Crippen molar-refractivity contribution >= 4 is 22.9 Å². The molecule has 2 rings (SSSR count). The van der Waals surface area contributed by atoms with Gasteiger partial charge in [-0.2, -0.15) is 0 Å². The van der Waals surface area contributed by atoms with Gasteiger partial charge < -0.3 is 11.1 Å². The second-order valence-electron chi connectivity index (χ2n) is 3.65. The van der Waals surface area contributed by atoms with Gasteiger partial charge >= 0.3 is 0 Å². The number of nitrogens with two attached hydrogens (primary N) is 1. The maximum Gasteiger partial charge on any atom is 0.263 e. The van der Waals surface area contributed by atoms with Crippen molar-refractivity contribution in [2.75, 3.05) is 5.73 Å². The largest absolute Gasteiger partial charge is 0.398 e. The summed E-state index contributed by atoms with van der Waals surface area (Å²) in [5, 5.41) is 2.83. The van der Waals surface area contributed by atoms with Crippen LogP contribution in [0.3, 0.4) is 0 Å². The van der Waals surface area contributed by atoms with E-state index in [1.165, 1.54) is 11.3 Å². The fourth-order valence-corrected chi connectivity index (χ4v) is 2.19. The Hall–Kier alpha value is -1.88. The summed E-state index contributed by atoms with van der Waals surface area (Å²) in [6.45, 7) is 2.26. The van der Waals surface area contributed by atoms with Crippen LogP contribution in [0.4, 0.5) is 5.69 Å². The molecular weight excluding hydrogens is 234 g/mol. The molecule has 0 saturated carbocycles. The van der Waals surface area contributed by atoms with Crippen LogP contribution in [-0.4, -0.2) is 10.9 Å². The molecule has 1 aromatic carbocycles. The molecule has 0 aliphatic heterocycles. The van der Waals surface area contributed by atoms with E-state index >= 15 is 0 Å². The van der Waals surface area contributed by atoms with E-state index in [2.05, 4.69) is 10.3 Å². The number of amides is 1. The summed E-state index contributed by atoms with van der Waals surface area (Å²) in [6, 6.07) is 7.48. The first-order valence-corrected chi connectivity index (χ1v) is 6.08. The van der Waals surface area contributed by atoms with E-state index in [0.717, 1.165) is 11.3 Å². The zero-order valence-corrected chi connectivity index (χ0v) is 10.3. The molecule has 0 fully saturated rings. The molecule has 0 saturated heterocycles. The zero-order chi connectivity index (χ0) is 12.3. The summed E-state index contributed by atoms with van der Waals surface area (Å²) in [4.78, 5) is 16.5. The standard InChI is InChI=1S/C12H13N3OS/c1-8-11(17-7-15-8)12(16)14-6-9-4-2-3-5-10(9)13/h2-5,7H,6,13H2,1H3,(H,14,16). The number of nitrogens with zero attached hydrogens (tertiary/aromatic N) is 1. The molecule has 17 heavy (non-hydrogen) atoms. The summed E-state index contributed by atoms with van der Waals surface area (Å²) in [5.41, 5.74) is 9.83. The predicted molar refractivity (Wildman–Crippen MR) is 68.9 cm³/mol. The van der Waals surface area contributed by atoms with Crippen LogP contribution in [0.15, 0.2) is 29.8 Å². The van der Waals surface area contributed by atoms with Gasteiger partial charge in [-0.05, 0) is 18.6 Å². The number of carbonyl (C=O) groups is 1. The number of anilines is 1. The Labute approximate surface area is 103 Å². The fraction of sp³-hybridized carbons (Fsp3) is 0.167. The Morgan fingerprint density at radius 2 is 2.24 bits per heavy atom. The molecule has 88 valence electrons. The number of hydrogen-bond acceptors (Lipinski definition) is 4. The fourth-order valence-electron chi connectivity index (χ4n) is 1.47. The van der Waals surface area contributed by atoms with Gasteiger partial charge in [0.1, 0.15) is 4.88 Å². The second kappa shape index (κ2) is 4.97. The van der Waals surface area contributed by atoms with Crippen LogP contribution in [0.5, 0.6) is 0 Å². The number of carbonyl (C=O) groups excluding carboxylic acids is 1. The summed E-state index contributed by atoms with van der Waals surface area (Å²) in [7, 11) is 0. The number of nitrogens with one attached hydrogen (secondary N) is 1. The highest BCUT2D eigenvalue weighted by molar-refractivity contribution is 7.11. The maximum absolute atomic E-state index is 11.8. The number of benzene rings is 1. The van der Waals surface area contributed by atoms with Gasteiger partial charge in [-0.1, -0.05) is 18.2 Å². The van der Waals surface area contributed by atoms with E-state index in [1.807, 2.05) is 31.2 Å². The van der Waals surface area contributed by atoms with Gasteiger partial charge in [-0.15, -0.1) is 11.3 Å². The molecule has 3 N–H and O–H groups in total. The van der Waals surface area contributed by atoms with Crippen molar-refractivity contribution in [2.45, 2.75) is 13.5 Å². The van der Waals surface area contributed by atoms with E-state index in [-0.39, 0.29) is 5.91 Å². The number of aryl methyl sites for hydroxylation is 1. The van der Waals surface area contributed by atoms with Crippen LogP contribution in [0.25, 0.3) is 0 Å². The Bertz CT molecular complexity index is 536. The number of nitrogen functional groups attached to an aromatic ring is 1. The van der Waals surface area contributed by atoms with E-state index < -0.39 is 0 Å². The molecule has 1 heterocycles. The van der Waals surface area contributed by atoms with Gasteiger partial charge in [0.25, 0.3) is 5.91 Å². The van der Waals surface area contributed by atoms with E-state index in [4.69, 9.17) is 5.73 Å². The monoisotopic (exact) mass is 247 g/mol. The summed E-state index contributed by atoms with van der Waals surface area (Å²) < 4.78 is 0. The Kier molecular flexibility index (Phi) is 3.39. The predicted octanol–water partition coefficient (Wildman–Crippen LogP) is 1.96. The molecule has 2 aromatic rings. The normalized spacial score (nSPS) is 10.2. The molecule has 0 unspecified atom stereocenters. The lowest BCUT2D eigenvalue weighted by atomic mass is 10.2. The molecule has 1 amide bonds. The van der Waals surface area contributed by atoms with Crippen molar-refractivity contribution in [2.24, 2.45) is 0 Å². The smallest absolute Gasteiger partial charge is 0.263 e. The van der Waals surface area contributed by atoms with Gasteiger partial charge in [0.05, 0.1) is 11.2 Å². The number of rotatable bonds is 3. The number of hydrogen-bond donors (Lipinski definition) is 2. The SMILES string of the molecule is Cc1ncsc1C(=O)NCc1ccccc1N. The van der Waals surface area contributed by atoms with Crippen molar-refractivity contribution in [3.63, 3.8) is 0 Å². The third kappa shape index (κ3) is 2.62. The van der Waals surface area contributed by atoms with Gasteiger partial charge in [0.2, 0.25) is 0 Å². The average molecular weight is 247 g/mol. The second-order valence-corrected chi connectivity index (χ2v) is 4.50. The molecule has 0 atom stereocenters. The van der Waals surface area contributed by atoms with Crippen LogP contribution in [0, 0.1) is 6.92 Å². The lowest BCUT2D eigenvalue weighted by Crippen LogP contribution is -2.23. The molecule has 0 aliphatic rings. The van der Waals surface area contributed by atoms with E-state index in [0.29, 0.717) is 17.1 Å². The average Bonchev–Trinajstić information content (AvgIpc) is 2.74. The topological polar surface area (TPSA) is 68.0 Å². The van der Waals surface area contributed by atoms with E-state index in [9.17, 15) is 4.79 Å². The van der Waals surface area contributed by atoms with Crippen molar-refractivity contribution < 1.29 is 4.79 Å². The lowest BCUT2D eigenvalue weighted by molar-refractivity contribution is 0.0954. The van der Waals surface area contributed by atoms with Crippen LogP contribution in [0.1, 0.15) is 20.9 Å². The van der Waals surface area contributed by atoms with Gasteiger partial charge in [-0.3, -0.25) is 4.79 Å². The molecule has 1 aromatic heterocycles. The molecular formula is C12H13N3OS. The molecule has 4 nitrogen and oxygen atoms in total. The first-order valence-electron chi connectivity index (χ1n) is 5.20. The summed E-state index contributed by atoms with van der Waals surface area (Å²) in [6.07, 6.45) is 0. The first-order chi connectivity index (χ1) is 8.18. The maximum atomic E-state index is 11.8. The molecule has 0 aliphatic carbocycles. The molecule has 0 bridgehead atoms. The first kappa shape index (κ1) is 11.6. The van der Waals surface area contributed by atoms with Gasteiger partial charge in [0, 0.05) is 12.2 Å². The Balaban J connectivity index is 2.02. The van der Waals surface area contributed by atoms with Gasteiger partial charge in [-0.25, -0.2) is 4.98 Å². The third-order valence-corrected chi connectivity index (χ3v) is 3.37. The van der Waals surface area contributed by atoms with Crippen LogP contribution >= 0.6 is 11.3 Å². The molecule has 0 radical (unpaired) electrons. The third-order valence-electron chi connectivity index (χ3n) is 2.45. The highest BCUT2D eigenvalue weighted by Gasteiger charge is 2.11. The lowest BCUT2D eigenvalue weighted by Gasteiger charge is -2.06. The minimum absolute atomic E-state index is 0.103. The van der Waals surface area contributed by atoms with Crippen LogP contribution < -0.4 is 11.1 Å². The zero-order valence-electron chi connectivity index (χ0n) is 9.43. The number of para-hydroxylation sites is 1. The summed E-state index contributed by atoms with van der Waals surface area (Å²) in [5.74, 6) is -0.103. The highest BCUT2D eigenvalue weighted by Crippen LogP contribution is 2.13. The number of aromatic nitrogens is 1. The molecule has 0 spiro atoms. The summed E-state index contributed by atoms with van der Waals surface area (Å²) >= 11 is 1.34. The van der Waals surface area contributed by atoms with Gasteiger partial charge in [0.15, 0.2) is 0 Å². The quantitative estimate of drug-likeness (QED) is 0.815. The van der Waals surface area contributed by atoms with Crippen molar-refractivity contribution in [3.05, 3.63) is 45.9 Å². The minimum atomic E-state index is -0.103. The van der Waals surface area contributed by atoms with Crippen LogP contribution in [-0.2, 0) is 6.54 Å². The van der Waals surface area contributed by atoms with Crippen molar-refractivity contribution in [1.82, 2.24) is 10.3 Å². The van der Waals surface area contributed by atoms with E-state index in [1.54, 1.807) is 5.51 Å². The van der Waals surface area contributed by atoms with Crippen molar-refractivity contribution in [1.29, 1.82) is 0 Å². The minimum Gasteiger partial charge on any atom is -0.398 e. The van der Waals surface area contributed by atoms with Crippen molar-refractivity contribution in [3.8, 4) is 0 Å². The van der Waals surface area contributed by atoms with Crippen LogP contribution in [0.2, 0.25) is 0 Å². The number of thiazole rings is 1. The molecule has 5 heteroatoms. The highest BCUT2D eigenvalue weighted by atomic mass is 32.1. The Morgan fingerprint density at radius 3 is 2.88 bits per heavy atom.